The van der Waals surface area contributed by atoms with Gasteiger partial charge in [0.15, 0.2) is 5.82 Å². The highest BCUT2D eigenvalue weighted by Crippen LogP contribution is 2.25. The van der Waals surface area contributed by atoms with Gasteiger partial charge in [0.05, 0.1) is 22.9 Å². The number of nitrogens with one attached hydrogen (secondary N) is 1. The molecule has 2 aromatic rings. The highest BCUT2D eigenvalue weighted by atomic mass is 32.2. The van der Waals surface area contributed by atoms with Crippen molar-refractivity contribution in [2.45, 2.75) is 19.1 Å². The van der Waals surface area contributed by atoms with Crippen molar-refractivity contribution in [1.29, 1.82) is 0 Å². The van der Waals surface area contributed by atoms with Crippen LogP contribution >= 0.6 is 11.8 Å². The minimum absolute atomic E-state index is 0.147. The highest BCUT2D eigenvalue weighted by Gasteiger charge is 2.28. The fraction of sp³-hybridized carbons (Fsp3) is 0.400. The largest absolute Gasteiger partial charge is 0.340 e. The van der Waals surface area contributed by atoms with Gasteiger partial charge in [0.2, 0.25) is 21.8 Å². The lowest BCUT2D eigenvalue weighted by Gasteiger charge is -2.17. The summed E-state index contributed by atoms with van der Waals surface area (Å²) in [4.78, 5) is 16.0. The van der Waals surface area contributed by atoms with E-state index >= 15 is 0 Å². The first-order valence-corrected chi connectivity index (χ1v) is 10.5. The van der Waals surface area contributed by atoms with Crippen LogP contribution in [-0.2, 0) is 20.6 Å². The zero-order valence-electron chi connectivity index (χ0n) is 13.6. The van der Waals surface area contributed by atoms with Gasteiger partial charge in [-0.2, -0.15) is 4.98 Å². The Hall–Kier alpha value is -2.07. The number of carbonyl (C=O) groups is 1. The Bertz CT molecular complexity index is 849. The summed E-state index contributed by atoms with van der Waals surface area (Å²) in [5.41, 5.74) is 1.25. The van der Waals surface area contributed by atoms with Crippen LogP contribution in [0, 0.1) is 6.92 Å². The van der Waals surface area contributed by atoms with Crippen molar-refractivity contribution >= 4 is 39.1 Å². The molecular formula is C15H18N4O4S2. The first kappa shape index (κ1) is 17.7. The van der Waals surface area contributed by atoms with E-state index in [-0.39, 0.29) is 17.4 Å². The van der Waals surface area contributed by atoms with Gasteiger partial charge >= 0.3 is 0 Å². The van der Waals surface area contributed by atoms with Crippen molar-refractivity contribution in [1.82, 2.24) is 10.1 Å². The van der Waals surface area contributed by atoms with Gasteiger partial charge in [-0.1, -0.05) is 5.16 Å². The summed E-state index contributed by atoms with van der Waals surface area (Å²) in [6.45, 7) is 2.21. The molecule has 1 aromatic heterocycles. The number of benzene rings is 1. The van der Waals surface area contributed by atoms with E-state index in [2.05, 4.69) is 15.5 Å². The van der Waals surface area contributed by atoms with Crippen molar-refractivity contribution < 1.29 is 17.7 Å². The monoisotopic (exact) mass is 382 g/mol. The summed E-state index contributed by atoms with van der Waals surface area (Å²) in [6, 6.07) is 6.81. The molecule has 1 aliphatic rings. The second-order valence-corrected chi connectivity index (χ2v) is 8.56. The molecule has 0 saturated carbocycles. The summed E-state index contributed by atoms with van der Waals surface area (Å²) in [5.74, 6) is 1.85. The van der Waals surface area contributed by atoms with Crippen LogP contribution in [0.5, 0.6) is 0 Å². The fourth-order valence-electron chi connectivity index (χ4n) is 2.47. The lowest BCUT2D eigenvalue weighted by Crippen LogP contribution is -2.25. The molecule has 8 nitrogen and oxygen atoms in total. The molecule has 1 aliphatic heterocycles. The number of aromatic nitrogens is 2. The maximum absolute atomic E-state index is 11.9. The van der Waals surface area contributed by atoms with E-state index in [0.29, 0.717) is 41.8 Å². The maximum Gasteiger partial charge on any atom is 0.235 e. The average molecular weight is 382 g/mol. The molecule has 1 saturated heterocycles. The number of nitrogens with zero attached hydrogens (tertiary/aromatic N) is 3. The van der Waals surface area contributed by atoms with Crippen molar-refractivity contribution in [2.24, 2.45) is 0 Å². The van der Waals surface area contributed by atoms with Crippen LogP contribution in [-0.4, -0.2) is 42.5 Å². The topological polar surface area (TPSA) is 105 Å². The second kappa shape index (κ2) is 7.44. The molecule has 0 spiro atoms. The molecule has 10 heteroatoms. The van der Waals surface area contributed by atoms with Crippen LogP contribution < -0.4 is 9.62 Å². The molecule has 1 N–H and O–H groups in total. The third-order valence-corrected chi connectivity index (χ3v) is 6.37. The van der Waals surface area contributed by atoms with Crippen LogP contribution in [0.1, 0.15) is 18.1 Å². The molecule has 0 atom stereocenters. The predicted molar refractivity (Wildman–Crippen MR) is 96.0 cm³/mol. The molecule has 0 unspecified atom stereocenters. The van der Waals surface area contributed by atoms with Gasteiger partial charge < -0.3 is 9.84 Å². The summed E-state index contributed by atoms with van der Waals surface area (Å²) >= 11 is 1.39. The predicted octanol–water partition coefficient (Wildman–Crippen LogP) is 1.79. The molecule has 3 rings (SSSR count). The number of aryl methyl sites for hydroxylation is 1. The average Bonchev–Trinajstić information content (AvgIpc) is 3.13. The smallest absolute Gasteiger partial charge is 0.235 e. The minimum Gasteiger partial charge on any atom is -0.340 e. The Labute approximate surface area is 150 Å². The SMILES string of the molecule is Cc1nc(CSCC(=O)Nc2ccc(N3CCCS3(=O)=O)cc2)no1. The zero-order chi connectivity index (χ0) is 17.9. The van der Waals surface area contributed by atoms with E-state index in [1.807, 2.05) is 0 Å². The van der Waals surface area contributed by atoms with Crippen LogP contribution in [0.25, 0.3) is 0 Å². The number of amides is 1. The van der Waals surface area contributed by atoms with Gasteiger partial charge in [0.25, 0.3) is 0 Å². The third-order valence-electron chi connectivity index (χ3n) is 3.57. The van der Waals surface area contributed by atoms with Crippen LogP contribution in [0.4, 0.5) is 11.4 Å². The van der Waals surface area contributed by atoms with Gasteiger partial charge in [-0.05, 0) is 30.7 Å². The van der Waals surface area contributed by atoms with Crippen molar-refractivity contribution in [3.8, 4) is 0 Å². The highest BCUT2D eigenvalue weighted by molar-refractivity contribution is 7.99. The summed E-state index contributed by atoms with van der Waals surface area (Å²) < 4.78 is 30.1. The normalized spacial score (nSPS) is 16.1. The van der Waals surface area contributed by atoms with Crippen LogP contribution in [0.15, 0.2) is 28.8 Å². The third kappa shape index (κ3) is 4.51. The number of rotatable bonds is 6. The van der Waals surface area contributed by atoms with E-state index in [9.17, 15) is 13.2 Å². The molecule has 0 radical (unpaired) electrons. The molecule has 134 valence electrons. The minimum atomic E-state index is -3.19. The first-order chi connectivity index (χ1) is 11.9. The van der Waals surface area contributed by atoms with E-state index in [1.54, 1.807) is 31.2 Å². The molecule has 0 aliphatic carbocycles. The Balaban J connectivity index is 1.50. The van der Waals surface area contributed by atoms with Crippen molar-refractivity contribution in [3.05, 3.63) is 36.0 Å². The lowest BCUT2D eigenvalue weighted by atomic mass is 10.2. The van der Waals surface area contributed by atoms with Gasteiger partial charge in [0, 0.05) is 19.2 Å². The number of thioether (sulfide) groups is 1. The van der Waals surface area contributed by atoms with E-state index in [0.717, 1.165) is 0 Å². The fourth-order valence-corrected chi connectivity index (χ4v) is 4.70. The number of sulfonamides is 1. The van der Waals surface area contributed by atoms with Crippen LogP contribution in [0.2, 0.25) is 0 Å². The van der Waals surface area contributed by atoms with E-state index < -0.39 is 10.0 Å². The molecular weight excluding hydrogens is 364 g/mol. The number of hydrogen-bond acceptors (Lipinski definition) is 7. The summed E-state index contributed by atoms with van der Waals surface area (Å²) in [7, 11) is -3.19. The standard InChI is InChI=1S/C15H18N4O4S2/c1-11-16-14(18-23-11)9-24-10-15(20)17-12-3-5-13(6-4-12)19-7-2-8-25(19,21)22/h3-6H,2,7-10H2,1H3,(H,17,20). The van der Waals surface area contributed by atoms with Crippen molar-refractivity contribution in [3.63, 3.8) is 0 Å². The molecule has 1 amide bonds. The van der Waals surface area contributed by atoms with Crippen molar-refractivity contribution in [2.75, 3.05) is 27.7 Å². The Morgan fingerprint density at radius 2 is 2.12 bits per heavy atom. The molecule has 2 heterocycles. The molecule has 1 aromatic carbocycles. The van der Waals surface area contributed by atoms with Gasteiger partial charge in [-0.3, -0.25) is 9.10 Å². The van der Waals surface area contributed by atoms with Gasteiger partial charge in [-0.15, -0.1) is 11.8 Å². The van der Waals surface area contributed by atoms with Crippen LogP contribution in [0.3, 0.4) is 0 Å². The molecule has 1 fully saturated rings. The zero-order valence-corrected chi connectivity index (χ0v) is 15.3. The summed E-state index contributed by atoms with van der Waals surface area (Å²) in [6.07, 6.45) is 0.637. The first-order valence-electron chi connectivity index (χ1n) is 7.71. The molecule has 0 bridgehead atoms. The number of anilines is 2. The number of hydrogen-bond donors (Lipinski definition) is 1. The number of carbonyl (C=O) groups excluding carboxylic acids is 1. The Morgan fingerprint density at radius 1 is 1.36 bits per heavy atom. The quantitative estimate of drug-likeness (QED) is 0.812. The maximum atomic E-state index is 11.9. The molecule has 25 heavy (non-hydrogen) atoms. The Morgan fingerprint density at radius 3 is 2.72 bits per heavy atom. The van der Waals surface area contributed by atoms with E-state index in [4.69, 9.17) is 4.52 Å². The van der Waals surface area contributed by atoms with E-state index in [1.165, 1.54) is 16.1 Å². The van der Waals surface area contributed by atoms with Gasteiger partial charge in [0.1, 0.15) is 0 Å². The Kier molecular flexibility index (Phi) is 5.28. The lowest BCUT2D eigenvalue weighted by molar-refractivity contribution is -0.113. The summed E-state index contributed by atoms with van der Waals surface area (Å²) in [5, 5.41) is 6.54. The second-order valence-electron chi connectivity index (χ2n) is 5.56. The van der Waals surface area contributed by atoms with Gasteiger partial charge in [-0.25, -0.2) is 8.42 Å².